The van der Waals surface area contributed by atoms with Gasteiger partial charge >= 0.3 is 0 Å². The van der Waals surface area contributed by atoms with E-state index in [0.29, 0.717) is 17.1 Å². The Morgan fingerprint density at radius 2 is 1.81 bits per heavy atom. The van der Waals surface area contributed by atoms with Crippen molar-refractivity contribution in [1.82, 2.24) is 0 Å². The molecule has 0 aliphatic heterocycles. The van der Waals surface area contributed by atoms with Crippen molar-refractivity contribution in [3.8, 4) is 23.3 Å². The van der Waals surface area contributed by atoms with Crippen LogP contribution >= 0.6 is 0 Å². The lowest BCUT2D eigenvalue weighted by Gasteiger charge is -2.14. The summed E-state index contributed by atoms with van der Waals surface area (Å²) in [6.45, 7) is 0. The molecule has 2 aromatic rings. The molecule has 138 valence electrons. The molecule has 0 aromatic heterocycles. The van der Waals surface area contributed by atoms with Crippen molar-refractivity contribution in [2.75, 3.05) is 21.3 Å². The van der Waals surface area contributed by atoms with Gasteiger partial charge in [0.25, 0.3) is 5.69 Å². The van der Waals surface area contributed by atoms with E-state index in [9.17, 15) is 20.2 Å². The maximum Gasteiger partial charge on any atom is 0.270 e. The SMILES string of the molecule is COc1ccc(C=C(C#N)C(=O)c2cccc([N+](=O)[O-])c2)c(OC)c1OC. The average Bonchev–Trinajstić information content (AvgIpc) is 2.70. The Labute approximate surface area is 155 Å². The van der Waals surface area contributed by atoms with Crippen molar-refractivity contribution in [2.45, 2.75) is 0 Å². The fraction of sp³-hybridized carbons (Fsp3) is 0.158. The number of hydrogen-bond acceptors (Lipinski definition) is 7. The van der Waals surface area contributed by atoms with Crippen molar-refractivity contribution in [3.63, 3.8) is 0 Å². The summed E-state index contributed by atoms with van der Waals surface area (Å²) in [5.74, 6) is 0.387. The van der Waals surface area contributed by atoms with Crippen molar-refractivity contribution >= 4 is 17.5 Å². The molecular weight excluding hydrogens is 352 g/mol. The second-order valence-corrected chi connectivity index (χ2v) is 5.23. The van der Waals surface area contributed by atoms with Gasteiger partial charge in [0.05, 0.1) is 26.3 Å². The van der Waals surface area contributed by atoms with Gasteiger partial charge in [-0.2, -0.15) is 5.26 Å². The number of nitro groups is 1. The molecule has 27 heavy (non-hydrogen) atoms. The Kier molecular flexibility index (Phi) is 6.12. The number of benzene rings is 2. The Hall–Kier alpha value is -3.86. The Morgan fingerprint density at radius 3 is 2.37 bits per heavy atom. The van der Waals surface area contributed by atoms with E-state index in [4.69, 9.17) is 14.2 Å². The van der Waals surface area contributed by atoms with Gasteiger partial charge in [0.1, 0.15) is 11.6 Å². The zero-order valence-corrected chi connectivity index (χ0v) is 14.9. The number of ether oxygens (including phenoxy) is 3. The standard InChI is InChI=1S/C19H16N2O6/c1-25-16-8-7-13(18(26-2)19(16)27-3)9-14(11-20)17(22)12-5-4-6-15(10-12)21(23)24/h4-10H,1-3H3. The fourth-order valence-electron chi connectivity index (χ4n) is 2.46. The largest absolute Gasteiger partial charge is 0.493 e. The molecular formula is C19H16N2O6. The van der Waals surface area contributed by atoms with Gasteiger partial charge < -0.3 is 14.2 Å². The van der Waals surface area contributed by atoms with Crippen molar-refractivity contribution < 1.29 is 23.9 Å². The second kappa shape index (κ2) is 8.49. The maximum absolute atomic E-state index is 12.6. The predicted octanol–water partition coefficient (Wildman–Crippen LogP) is 3.41. The molecule has 0 saturated heterocycles. The van der Waals surface area contributed by atoms with Crippen LogP contribution in [-0.4, -0.2) is 32.0 Å². The summed E-state index contributed by atoms with van der Waals surface area (Å²) in [6, 6.07) is 10.2. The molecule has 0 heterocycles. The number of nitro benzene ring substituents is 1. The highest BCUT2D eigenvalue weighted by molar-refractivity contribution is 6.14. The summed E-state index contributed by atoms with van der Waals surface area (Å²) >= 11 is 0. The Bertz CT molecular complexity index is 959. The molecule has 0 aliphatic carbocycles. The number of methoxy groups -OCH3 is 3. The smallest absolute Gasteiger partial charge is 0.270 e. The van der Waals surface area contributed by atoms with E-state index >= 15 is 0 Å². The van der Waals surface area contributed by atoms with E-state index in [1.165, 1.54) is 45.6 Å². The molecule has 8 heteroatoms. The lowest BCUT2D eigenvalue weighted by Crippen LogP contribution is -2.03. The summed E-state index contributed by atoms with van der Waals surface area (Å²) in [7, 11) is 4.33. The molecule has 0 fully saturated rings. The first-order valence-corrected chi connectivity index (χ1v) is 7.66. The number of Topliss-reactive ketones (excluding diaryl/α,β-unsaturated/α-hetero) is 1. The Morgan fingerprint density at radius 1 is 1.11 bits per heavy atom. The monoisotopic (exact) mass is 368 g/mol. The minimum absolute atomic E-state index is 0.0384. The van der Waals surface area contributed by atoms with Crippen molar-refractivity contribution in [2.24, 2.45) is 0 Å². The van der Waals surface area contributed by atoms with E-state index < -0.39 is 10.7 Å². The molecule has 0 saturated carbocycles. The predicted molar refractivity (Wildman–Crippen MR) is 97.1 cm³/mol. The summed E-state index contributed by atoms with van der Waals surface area (Å²) in [4.78, 5) is 22.9. The van der Waals surface area contributed by atoms with Gasteiger partial charge in [-0.1, -0.05) is 12.1 Å². The third-order valence-electron chi connectivity index (χ3n) is 3.72. The molecule has 0 unspecified atom stereocenters. The van der Waals surface area contributed by atoms with E-state index in [1.807, 2.05) is 6.07 Å². The van der Waals surface area contributed by atoms with Gasteiger partial charge in [-0.25, -0.2) is 0 Å². The van der Waals surface area contributed by atoms with Gasteiger partial charge in [0.2, 0.25) is 11.5 Å². The van der Waals surface area contributed by atoms with Crippen LogP contribution in [0.3, 0.4) is 0 Å². The number of nitrogens with zero attached hydrogens (tertiary/aromatic N) is 2. The molecule has 8 nitrogen and oxygen atoms in total. The second-order valence-electron chi connectivity index (χ2n) is 5.23. The van der Waals surface area contributed by atoms with E-state index in [2.05, 4.69) is 0 Å². The highest BCUT2D eigenvalue weighted by Gasteiger charge is 2.19. The third kappa shape index (κ3) is 4.04. The zero-order valence-electron chi connectivity index (χ0n) is 14.9. The molecule has 0 radical (unpaired) electrons. The average molecular weight is 368 g/mol. The van der Waals surface area contributed by atoms with Crippen LogP contribution in [0.5, 0.6) is 17.2 Å². The van der Waals surface area contributed by atoms with E-state index in [1.54, 1.807) is 12.1 Å². The molecule has 0 aliphatic rings. The number of nitriles is 1. The van der Waals surface area contributed by atoms with Crippen molar-refractivity contribution in [3.05, 3.63) is 63.2 Å². The highest BCUT2D eigenvalue weighted by atomic mass is 16.6. The number of carbonyl (C=O) groups is 1. The highest BCUT2D eigenvalue weighted by Crippen LogP contribution is 2.40. The minimum Gasteiger partial charge on any atom is -0.493 e. The van der Waals surface area contributed by atoms with Crippen LogP contribution in [0.25, 0.3) is 6.08 Å². The lowest BCUT2D eigenvalue weighted by molar-refractivity contribution is -0.384. The molecule has 0 N–H and O–H groups in total. The van der Waals surface area contributed by atoms with Crippen LogP contribution < -0.4 is 14.2 Å². The first-order valence-electron chi connectivity index (χ1n) is 7.66. The number of hydrogen-bond donors (Lipinski definition) is 0. The van der Waals surface area contributed by atoms with Gasteiger partial charge in [-0.15, -0.1) is 0 Å². The summed E-state index contributed by atoms with van der Waals surface area (Å²) in [6.07, 6.45) is 1.34. The summed E-state index contributed by atoms with van der Waals surface area (Å²) < 4.78 is 15.8. The quantitative estimate of drug-likeness (QED) is 0.242. The van der Waals surface area contributed by atoms with Crippen LogP contribution in [-0.2, 0) is 0 Å². The van der Waals surface area contributed by atoms with E-state index in [0.717, 1.165) is 6.07 Å². The normalized spacial score (nSPS) is 10.7. The van der Waals surface area contributed by atoms with Gasteiger partial charge in [0.15, 0.2) is 11.5 Å². The topological polar surface area (TPSA) is 112 Å². The third-order valence-corrected chi connectivity index (χ3v) is 3.72. The van der Waals surface area contributed by atoms with Crippen LogP contribution in [0.2, 0.25) is 0 Å². The van der Waals surface area contributed by atoms with Crippen LogP contribution in [0.4, 0.5) is 5.69 Å². The first-order chi connectivity index (χ1) is 13.0. The van der Waals surface area contributed by atoms with Crippen LogP contribution in [0.1, 0.15) is 15.9 Å². The zero-order chi connectivity index (χ0) is 20.0. The molecule has 2 aromatic carbocycles. The number of non-ortho nitro benzene ring substituents is 1. The number of rotatable bonds is 7. The van der Waals surface area contributed by atoms with Crippen molar-refractivity contribution in [1.29, 1.82) is 5.26 Å². The molecule has 2 rings (SSSR count). The number of carbonyl (C=O) groups excluding carboxylic acids is 1. The van der Waals surface area contributed by atoms with Gasteiger partial charge in [-0.05, 0) is 18.2 Å². The summed E-state index contributed by atoms with van der Waals surface area (Å²) in [5.41, 5.74) is 0.0183. The molecule has 0 bridgehead atoms. The molecule has 0 amide bonds. The maximum atomic E-state index is 12.6. The lowest BCUT2D eigenvalue weighted by atomic mass is 10.0. The Balaban J connectivity index is 2.53. The number of ketones is 1. The molecule has 0 atom stereocenters. The minimum atomic E-state index is -0.641. The van der Waals surface area contributed by atoms with Crippen LogP contribution in [0, 0.1) is 21.4 Å². The number of allylic oxidation sites excluding steroid dienone is 1. The van der Waals surface area contributed by atoms with Gasteiger partial charge in [-0.3, -0.25) is 14.9 Å². The van der Waals surface area contributed by atoms with Gasteiger partial charge in [0, 0.05) is 23.3 Å². The summed E-state index contributed by atoms with van der Waals surface area (Å²) in [5, 5.41) is 20.3. The molecule has 0 spiro atoms. The fourth-order valence-corrected chi connectivity index (χ4v) is 2.46. The first kappa shape index (κ1) is 19.5. The van der Waals surface area contributed by atoms with Crippen LogP contribution in [0.15, 0.2) is 42.0 Å². The van der Waals surface area contributed by atoms with E-state index in [-0.39, 0.29) is 22.6 Å².